The monoisotopic (exact) mass is 625 g/mol. The summed E-state index contributed by atoms with van der Waals surface area (Å²) in [4.78, 5) is 0. The van der Waals surface area contributed by atoms with Crippen molar-refractivity contribution in [2.45, 2.75) is 104 Å². The summed E-state index contributed by atoms with van der Waals surface area (Å²) in [6, 6.07) is 9.39. The van der Waals surface area contributed by atoms with Crippen LogP contribution in [0.25, 0.3) is 0 Å². The van der Waals surface area contributed by atoms with E-state index < -0.39 is 16.3 Å². The molecule has 0 atom stereocenters. The first-order valence-corrected chi connectivity index (χ1v) is 11.9. The number of benzene rings is 1. The summed E-state index contributed by atoms with van der Waals surface area (Å²) in [7, 11) is -1.36. The summed E-state index contributed by atoms with van der Waals surface area (Å²) in [6.07, 6.45) is 0. The molecule has 0 unspecified atom stereocenters. The normalized spacial score (nSPS) is 13.1. The maximum atomic E-state index is 6.47. The van der Waals surface area contributed by atoms with Crippen molar-refractivity contribution < 1.29 is 41.6 Å². The fourth-order valence-electron chi connectivity index (χ4n) is 3.29. The summed E-state index contributed by atoms with van der Waals surface area (Å²) >= 11 is 0. The van der Waals surface area contributed by atoms with Gasteiger partial charge in [-0.2, -0.15) is 0 Å². The van der Waals surface area contributed by atoms with Crippen molar-refractivity contribution in [1.82, 2.24) is 0 Å². The van der Waals surface area contributed by atoms with Crippen molar-refractivity contribution in [2.24, 2.45) is 0 Å². The smallest absolute Gasteiger partial charge is 0.135 e. The van der Waals surface area contributed by atoms with Crippen LogP contribution < -0.4 is 21.5 Å². The summed E-state index contributed by atoms with van der Waals surface area (Å²) in [5.41, 5.74) is 0. The zero-order valence-electron chi connectivity index (χ0n) is 19.7. The summed E-state index contributed by atoms with van der Waals surface area (Å²) < 4.78 is 12.9. The molecule has 0 fully saturated rings. The Morgan fingerprint density at radius 3 is 1.07 bits per heavy atom. The van der Waals surface area contributed by atoms with Gasteiger partial charge in [-0.3, -0.25) is 0 Å². The molecular weight excluding hydrogens is 586 g/mol. The summed E-state index contributed by atoms with van der Waals surface area (Å²) in [5, 5.41) is 0.396. The van der Waals surface area contributed by atoms with E-state index >= 15 is 0 Å². The second-order valence-electron chi connectivity index (χ2n) is 10.8. The molecule has 1 aromatic carbocycles. The van der Waals surface area contributed by atoms with E-state index in [0.717, 1.165) is 11.5 Å². The van der Waals surface area contributed by atoms with Gasteiger partial charge in [-0.1, -0.05) is 89.2 Å². The molecule has 166 valence electrons. The molecule has 0 bridgehead atoms. The van der Waals surface area contributed by atoms with Crippen molar-refractivity contribution >= 4 is 16.3 Å². The first kappa shape index (κ1) is 30.8. The molecule has 0 saturated carbocycles. The summed E-state index contributed by atoms with van der Waals surface area (Å²) in [5.74, 6) is 1.58. The molecule has 28 heavy (non-hydrogen) atoms. The first-order chi connectivity index (χ1) is 11.4. The molecule has 0 aliphatic heterocycles. The van der Waals surface area contributed by atoms with E-state index in [4.69, 9.17) is 9.05 Å². The number of hydrogen-bond donors (Lipinski definition) is 0. The van der Waals surface area contributed by atoms with Crippen LogP contribution in [0, 0.1) is 6.07 Å². The van der Waals surface area contributed by atoms with E-state index in [0.29, 0.717) is 0 Å². The van der Waals surface area contributed by atoms with Crippen LogP contribution in [0.5, 0.6) is 11.5 Å². The van der Waals surface area contributed by atoms with Gasteiger partial charge in [0.25, 0.3) is 0 Å². The van der Waals surface area contributed by atoms with E-state index in [1.54, 1.807) is 0 Å². The molecule has 0 aliphatic rings. The van der Waals surface area contributed by atoms with Crippen molar-refractivity contribution in [3.63, 3.8) is 0 Å². The third kappa shape index (κ3) is 9.62. The minimum absolute atomic E-state index is 0. The topological polar surface area (TPSA) is 18.5 Å². The van der Waals surface area contributed by atoms with Gasteiger partial charge in [0.05, 0.1) is 22.4 Å². The predicted molar refractivity (Wildman–Crippen MR) is 119 cm³/mol. The Morgan fingerprint density at radius 1 is 0.607 bits per heavy atom. The molecule has 0 aromatic heterocycles. The Balaban J connectivity index is 0. The second kappa shape index (κ2) is 10.8. The molecule has 0 N–H and O–H groups in total. The van der Waals surface area contributed by atoms with Crippen molar-refractivity contribution in [2.75, 3.05) is 0 Å². The third-order valence-electron chi connectivity index (χ3n) is 3.56. The van der Waals surface area contributed by atoms with Crippen LogP contribution in [0.2, 0.25) is 0 Å². The first-order valence-electron chi connectivity index (χ1n) is 9.41. The van der Waals surface area contributed by atoms with Crippen LogP contribution in [0.3, 0.4) is 0 Å². The van der Waals surface area contributed by atoms with Crippen LogP contribution in [0.1, 0.15) is 83.1 Å². The van der Waals surface area contributed by atoms with Gasteiger partial charge in [0.2, 0.25) is 0 Å². The molecule has 0 saturated heterocycles. The minimum atomic E-state index is -0.678. The van der Waals surface area contributed by atoms with Crippen LogP contribution in [-0.2, 0) is 20.1 Å². The van der Waals surface area contributed by atoms with Crippen molar-refractivity contribution in [3.05, 3.63) is 24.3 Å². The second-order valence-corrected chi connectivity index (χ2v) is 17.7. The molecule has 1 rings (SSSR count). The van der Waals surface area contributed by atoms with Gasteiger partial charge in [0.1, 0.15) is 11.5 Å². The van der Waals surface area contributed by atoms with E-state index in [2.05, 4.69) is 89.2 Å². The summed E-state index contributed by atoms with van der Waals surface area (Å²) in [6.45, 7) is 27.0. The molecule has 2 radical (unpaired) electrons. The maximum absolute atomic E-state index is 6.47. The molecule has 0 spiro atoms. The molecule has 6 heteroatoms. The van der Waals surface area contributed by atoms with Gasteiger partial charge in [0, 0.05) is 40.7 Å². The van der Waals surface area contributed by atoms with Crippen LogP contribution in [0.4, 0.5) is 0 Å². The number of halogens is 1. The molecule has 0 amide bonds. The molecule has 1 aromatic rings. The van der Waals surface area contributed by atoms with Gasteiger partial charge < -0.3 is 21.5 Å². The molecule has 0 heterocycles. The molecule has 0 aliphatic carbocycles. The van der Waals surface area contributed by atoms with E-state index in [-0.39, 0.29) is 53.1 Å². The molecular formula is C22H39ClIrO2P2-. The Morgan fingerprint density at radius 2 is 0.857 bits per heavy atom. The zero-order valence-corrected chi connectivity index (χ0v) is 24.6. The van der Waals surface area contributed by atoms with Crippen LogP contribution in [-0.4, -0.2) is 20.6 Å². The van der Waals surface area contributed by atoms with Gasteiger partial charge in [-0.25, -0.2) is 0 Å². The Hall–Kier alpha value is 0.619. The van der Waals surface area contributed by atoms with Crippen molar-refractivity contribution in [3.8, 4) is 11.5 Å². The minimum Gasteiger partial charge on any atom is -1.00 e. The average molecular weight is 625 g/mol. The van der Waals surface area contributed by atoms with E-state index in [9.17, 15) is 0 Å². The Labute approximate surface area is 196 Å². The fraction of sp³-hybridized carbons (Fsp3) is 0.727. The molecule has 2 nitrogen and oxygen atoms in total. The van der Waals surface area contributed by atoms with E-state index in [1.807, 2.05) is 18.2 Å². The van der Waals surface area contributed by atoms with Gasteiger partial charge in [0.15, 0.2) is 0 Å². The average Bonchev–Trinajstić information content (AvgIpc) is 2.37. The largest absolute Gasteiger partial charge is 1.00 e. The van der Waals surface area contributed by atoms with E-state index in [1.165, 1.54) is 0 Å². The number of hydrogen-bond acceptors (Lipinski definition) is 2. The van der Waals surface area contributed by atoms with Crippen LogP contribution >= 0.6 is 16.3 Å². The Bertz CT molecular complexity index is 519. The zero-order chi connectivity index (χ0) is 20.6. The predicted octanol–water partition coefficient (Wildman–Crippen LogP) is 5.23. The van der Waals surface area contributed by atoms with Gasteiger partial charge in [-0.05, 0) is 12.1 Å². The third-order valence-corrected chi connectivity index (χ3v) is 9.19. The van der Waals surface area contributed by atoms with Gasteiger partial charge in [-0.15, -0.1) is 0 Å². The maximum Gasteiger partial charge on any atom is 0.135 e. The standard InChI is InChI=1S/C22H39O2P2.ClH.Ir/c1-19(2,3)25(20(4,5)6)23-17-14-13-15-18(16-17)24-26(21(7,8)9)22(10,11)12;;/h13-15H,1-12H3;1H;/p-1. The quantitative estimate of drug-likeness (QED) is 0.427. The Kier molecular flexibility index (Phi) is 11.9. The van der Waals surface area contributed by atoms with Crippen molar-refractivity contribution in [1.29, 1.82) is 0 Å². The van der Waals surface area contributed by atoms with Gasteiger partial charge >= 0.3 is 0 Å². The SMILES string of the molecule is CC(C)(C)P(Oc1[c]c(OP(C(C)(C)C)C(C)(C)C)ccc1)C(C)(C)C.[Cl-].[Ir]. The number of rotatable bonds is 4. The fourth-order valence-corrected chi connectivity index (χ4v) is 9.02. The van der Waals surface area contributed by atoms with Crippen LogP contribution in [0.15, 0.2) is 18.2 Å².